The van der Waals surface area contributed by atoms with Gasteiger partial charge in [-0.25, -0.2) is 0 Å². The van der Waals surface area contributed by atoms with Gasteiger partial charge in [0.15, 0.2) is 5.12 Å². The molecule has 0 aliphatic carbocycles. The SMILES string of the molecule is CC(=O)SCC#Cc1cc(Cl)cc(Cl)c1Cl. The molecule has 0 unspecified atom stereocenters. The molecule has 0 aromatic heterocycles. The number of hydrogen-bond donors (Lipinski definition) is 0. The summed E-state index contributed by atoms with van der Waals surface area (Å²) in [7, 11) is 0. The maximum absolute atomic E-state index is 10.7. The molecule has 0 amide bonds. The van der Waals surface area contributed by atoms with E-state index < -0.39 is 0 Å². The van der Waals surface area contributed by atoms with Gasteiger partial charge < -0.3 is 0 Å². The number of hydrogen-bond acceptors (Lipinski definition) is 2. The molecule has 0 bridgehead atoms. The lowest BCUT2D eigenvalue weighted by atomic mass is 10.2. The van der Waals surface area contributed by atoms with Gasteiger partial charge in [0.25, 0.3) is 0 Å². The predicted octanol–water partition coefficient (Wildman–Crippen LogP) is 4.28. The Morgan fingerprint density at radius 3 is 2.69 bits per heavy atom. The number of rotatable bonds is 1. The first-order valence-electron chi connectivity index (χ1n) is 4.27. The van der Waals surface area contributed by atoms with Gasteiger partial charge in [-0.15, -0.1) is 0 Å². The van der Waals surface area contributed by atoms with Gasteiger partial charge in [-0.1, -0.05) is 58.4 Å². The van der Waals surface area contributed by atoms with Gasteiger partial charge in [0.05, 0.1) is 15.8 Å². The van der Waals surface area contributed by atoms with E-state index in [9.17, 15) is 4.79 Å². The molecule has 0 spiro atoms. The van der Waals surface area contributed by atoms with Crippen LogP contribution in [0.2, 0.25) is 15.1 Å². The summed E-state index contributed by atoms with van der Waals surface area (Å²) in [4.78, 5) is 10.7. The van der Waals surface area contributed by atoms with Gasteiger partial charge in [0.1, 0.15) is 0 Å². The minimum Gasteiger partial charge on any atom is -0.288 e. The van der Waals surface area contributed by atoms with Crippen molar-refractivity contribution in [2.45, 2.75) is 6.92 Å². The van der Waals surface area contributed by atoms with Gasteiger partial charge in [-0.05, 0) is 12.1 Å². The average Bonchev–Trinajstić information content (AvgIpc) is 2.19. The zero-order valence-corrected chi connectivity index (χ0v) is 11.4. The zero-order valence-electron chi connectivity index (χ0n) is 8.31. The summed E-state index contributed by atoms with van der Waals surface area (Å²) in [5.41, 5.74) is 0.573. The highest BCUT2D eigenvalue weighted by Crippen LogP contribution is 2.29. The van der Waals surface area contributed by atoms with Crippen LogP contribution in [0, 0.1) is 11.8 Å². The summed E-state index contributed by atoms with van der Waals surface area (Å²) < 4.78 is 0. The molecular formula is C11H7Cl3OS. The predicted molar refractivity (Wildman–Crippen MR) is 71.5 cm³/mol. The fraction of sp³-hybridized carbons (Fsp3) is 0.182. The highest BCUT2D eigenvalue weighted by Gasteiger charge is 2.04. The molecule has 1 nitrogen and oxygen atoms in total. The standard InChI is InChI=1S/C11H7Cl3OS/c1-7(15)16-4-2-3-8-5-9(12)6-10(13)11(8)14/h5-6H,4H2,1H3. The maximum atomic E-state index is 10.7. The summed E-state index contributed by atoms with van der Waals surface area (Å²) in [6.07, 6.45) is 0. The highest BCUT2D eigenvalue weighted by molar-refractivity contribution is 8.13. The molecule has 0 heterocycles. The van der Waals surface area contributed by atoms with Crippen molar-refractivity contribution in [3.05, 3.63) is 32.8 Å². The van der Waals surface area contributed by atoms with Crippen molar-refractivity contribution >= 4 is 51.7 Å². The van der Waals surface area contributed by atoms with Crippen molar-refractivity contribution in [2.24, 2.45) is 0 Å². The molecule has 0 saturated heterocycles. The van der Waals surface area contributed by atoms with E-state index in [1.165, 1.54) is 6.92 Å². The topological polar surface area (TPSA) is 17.1 Å². The monoisotopic (exact) mass is 292 g/mol. The molecule has 0 atom stereocenters. The fourth-order valence-corrected chi connectivity index (χ4v) is 1.91. The molecule has 0 saturated carbocycles. The maximum Gasteiger partial charge on any atom is 0.186 e. The first-order chi connectivity index (χ1) is 7.50. The zero-order chi connectivity index (χ0) is 12.1. The lowest BCUT2D eigenvalue weighted by molar-refractivity contribution is -0.109. The van der Waals surface area contributed by atoms with Crippen molar-refractivity contribution in [1.29, 1.82) is 0 Å². The molecular weight excluding hydrogens is 287 g/mol. The normalized spacial score (nSPS) is 9.50. The second-order valence-corrected chi connectivity index (χ2v) is 5.21. The second kappa shape index (κ2) is 6.42. The van der Waals surface area contributed by atoms with Crippen molar-refractivity contribution in [1.82, 2.24) is 0 Å². The minimum absolute atomic E-state index is 0.0320. The van der Waals surface area contributed by atoms with E-state index in [1.807, 2.05) is 0 Å². The molecule has 5 heteroatoms. The van der Waals surface area contributed by atoms with Crippen molar-refractivity contribution in [3.63, 3.8) is 0 Å². The Labute approximate surface area is 113 Å². The summed E-state index contributed by atoms with van der Waals surface area (Å²) in [6.45, 7) is 1.50. The number of carbonyl (C=O) groups is 1. The Morgan fingerprint density at radius 1 is 1.38 bits per heavy atom. The van der Waals surface area contributed by atoms with Gasteiger partial charge in [0, 0.05) is 17.5 Å². The number of carbonyl (C=O) groups excluding carboxylic acids is 1. The van der Waals surface area contributed by atoms with Crippen LogP contribution in [0.4, 0.5) is 0 Å². The van der Waals surface area contributed by atoms with Gasteiger partial charge in [0.2, 0.25) is 0 Å². The fourth-order valence-electron chi connectivity index (χ4n) is 0.916. The Balaban J connectivity index is 2.84. The van der Waals surface area contributed by atoms with Crippen molar-refractivity contribution in [2.75, 3.05) is 5.75 Å². The molecule has 16 heavy (non-hydrogen) atoms. The minimum atomic E-state index is 0.0320. The lowest BCUT2D eigenvalue weighted by Gasteiger charge is -1.99. The van der Waals surface area contributed by atoms with Gasteiger partial charge in [-0.2, -0.15) is 0 Å². The van der Waals surface area contributed by atoms with E-state index in [-0.39, 0.29) is 5.12 Å². The van der Waals surface area contributed by atoms with Crippen LogP contribution in [0.15, 0.2) is 12.1 Å². The van der Waals surface area contributed by atoms with Crippen LogP contribution in [0.5, 0.6) is 0 Å². The quantitative estimate of drug-likeness (QED) is 0.568. The van der Waals surface area contributed by atoms with E-state index in [4.69, 9.17) is 34.8 Å². The summed E-state index contributed by atoms with van der Waals surface area (Å²) in [5.74, 6) is 6.07. The first-order valence-corrected chi connectivity index (χ1v) is 6.39. The van der Waals surface area contributed by atoms with Crippen LogP contribution in [-0.2, 0) is 4.79 Å². The second-order valence-electron chi connectivity index (χ2n) is 2.83. The van der Waals surface area contributed by atoms with Crippen LogP contribution in [0.3, 0.4) is 0 Å². The Kier molecular flexibility index (Phi) is 5.51. The highest BCUT2D eigenvalue weighted by atomic mass is 35.5. The van der Waals surface area contributed by atoms with Crippen LogP contribution in [-0.4, -0.2) is 10.9 Å². The Morgan fingerprint density at radius 2 is 2.06 bits per heavy atom. The van der Waals surface area contributed by atoms with Crippen LogP contribution in [0.25, 0.3) is 0 Å². The summed E-state index contributed by atoms with van der Waals surface area (Å²) in [6, 6.07) is 3.20. The van der Waals surface area contributed by atoms with Gasteiger partial charge >= 0.3 is 0 Å². The largest absolute Gasteiger partial charge is 0.288 e. The molecule has 0 aliphatic heterocycles. The molecule has 0 aliphatic rings. The van der Waals surface area contributed by atoms with Crippen LogP contribution >= 0.6 is 46.6 Å². The van der Waals surface area contributed by atoms with E-state index >= 15 is 0 Å². The summed E-state index contributed by atoms with van der Waals surface area (Å²) in [5, 5.41) is 1.27. The smallest absolute Gasteiger partial charge is 0.186 e. The Hall–Kier alpha value is -0.330. The molecule has 1 rings (SSSR count). The Bertz CT molecular complexity index is 474. The van der Waals surface area contributed by atoms with E-state index in [2.05, 4.69) is 11.8 Å². The number of thioether (sulfide) groups is 1. The molecule has 0 radical (unpaired) electrons. The van der Waals surface area contributed by atoms with E-state index in [0.29, 0.717) is 26.4 Å². The third-order valence-corrected chi connectivity index (χ3v) is 3.28. The molecule has 1 aromatic carbocycles. The molecule has 1 aromatic rings. The van der Waals surface area contributed by atoms with E-state index in [1.54, 1.807) is 12.1 Å². The van der Waals surface area contributed by atoms with Crippen LogP contribution in [0.1, 0.15) is 12.5 Å². The lowest BCUT2D eigenvalue weighted by Crippen LogP contribution is -1.83. The van der Waals surface area contributed by atoms with Crippen molar-refractivity contribution in [3.8, 4) is 11.8 Å². The van der Waals surface area contributed by atoms with E-state index in [0.717, 1.165) is 11.8 Å². The molecule has 84 valence electrons. The first kappa shape index (κ1) is 13.7. The number of benzene rings is 1. The summed E-state index contributed by atoms with van der Waals surface area (Å²) >= 11 is 18.7. The van der Waals surface area contributed by atoms with Gasteiger partial charge in [-0.3, -0.25) is 4.79 Å². The average molecular weight is 294 g/mol. The molecule has 0 N–H and O–H groups in total. The number of halogens is 3. The van der Waals surface area contributed by atoms with Crippen LogP contribution < -0.4 is 0 Å². The van der Waals surface area contributed by atoms with Crippen molar-refractivity contribution < 1.29 is 4.79 Å². The third kappa shape index (κ3) is 4.27. The molecule has 0 fully saturated rings. The third-order valence-electron chi connectivity index (χ3n) is 1.56.